The van der Waals surface area contributed by atoms with E-state index in [-0.39, 0.29) is 17.5 Å². The summed E-state index contributed by atoms with van der Waals surface area (Å²) in [5.41, 5.74) is 2.58. The van der Waals surface area contributed by atoms with E-state index in [4.69, 9.17) is 0 Å². The van der Waals surface area contributed by atoms with Crippen molar-refractivity contribution < 1.29 is 9.59 Å². The highest BCUT2D eigenvalue weighted by Crippen LogP contribution is 2.26. The first-order chi connectivity index (χ1) is 11.6. The summed E-state index contributed by atoms with van der Waals surface area (Å²) in [4.78, 5) is 35.2. The molecule has 0 bridgehead atoms. The Kier molecular flexibility index (Phi) is 4.57. The van der Waals surface area contributed by atoms with Gasteiger partial charge >= 0.3 is 0 Å². The van der Waals surface area contributed by atoms with Gasteiger partial charge in [-0.1, -0.05) is 12.1 Å². The molecule has 120 valence electrons. The second-order valence-electron chi connectivity index (χ2n) is 4.84. The number of anilines is 2. The molecule has 0 aliphatic carbocycles. The maximum absolute atomic E-state index is 12.0. The lowest BCUT2D eigenvalue weighted by atomic mass is 10.1. The van der Waals surface area contributed by atoms with Crippen LogP contribution in [0.3, 0.4) is 0 Å². The van der Waals surface area contributed by atoms with Crippen LogP contribution >= 0.6 is 11.3 Å². The number of nitrogens with zero attached hydrogens (tertiary/aromatic N) is 3. The standard InChI is InChI=1S/C16H13N5O2S/c1-10(22)19-12-4-2-11(3-5-12)14-9-24-16(20-14)21-15(23)13-8-17-6-7-18-13/h2-9H,1H3,(H,19,22)(H,20,21,23). The van der Waals surface area contributed by atoms with E-state index in [0.717, 1.165) is 16.9 Å². The molecule has 8 heteroatoms. The maximum Gasteiger partial charge on any atom is 0.277 e. The first kappa shape index (κ1) is 15.8. The minimum atomic E-state index is -0.356. The highest BCUT2D eigenvalue weighted by molar-refractivity contribution is 7.14. The number of carbonyl (C=O) groups is 2. The number of carbonyl (C=O) groups excluding carboxylic acids is 2. The van der Waals surface area contributed by atoms with Crippen molar-refractivity contribution in [3.63, 3.8) is 0 Å². The third kappa shape index (κ3) is 3.79. The quantitative estimate of drug-likeness (QED) is 0.762. The molecular formula is C16H13N5O2S. The number of thiazole rings is 1. The highest BCUT2D eigenvalue weighted by Gasteiger charge is 2.11. The Bertz CT molecular complexity index is 862. The van der Waals surface area contributed by atoms with E-state index >= 15 is 0 Å². The minimum Gasteiger partial charge on any atom is -0.326 e. The molecule has 0 aliphatic heterocycles. The van der Waals surface area contributed by atoms with Crippen molar-refractivity contribution in [3.05, 3.63) is 53.9 Å². The molecular weight excluding hydrogens is 326 g/mol. The van der Waals surface area contributed by atoms with Crippen LogP contribution in [-0.4, -0.2) is 26.8 Å². The zero-order chi connectivity index (χ0) is 16.9. The van der Waals surface area contributed by atoms with Crippen LogP contribution in [0.5, 0.6) is 0 Å². The minimum absolute atomic E-state index is 0.120. The van der Waals surface area contributed by atoms with Gasteiger partial charge in [-0.15, -0.1) is 11.3 Å². The lowest BCUT2D eigenvalue weighted by molar-refractivity contribution is -0.114. The van der Waals surface area contributed by atoms with Gasteiger partial charge in [-0.25, -0.2) is 9.97 Å². The molecule has 3 aromatic rings. The van der Waals surface area contributed by atoms with Crippen molar-refractivity contribution in [2.75, 3.05) is 10.6 Å². The molecule has 7 nitrogen and oxygen atoms in total. The molecule has 0 atom stereocenters. The molecule has 2 heterocycles. The summed E-state index contributed by atoms with van der Waals surface area (Å²) in [6.45, 7) is 1.46. The lowest BCUT2D eigenvalue weighted by Crippen LogP contribution is -2.13. The van der Waals surface area contributed by atoms with Crippen LogP contribution in [0, 0.1) is 0 Å². The third-order valence-corrected chi connectivity index (χ3v) is 3.78. The maximum atomic E-state index is 12.0. The van der Waals surface area contributed by atoms with E-state index in [1.165, 1.54) is 36.9 Å². The molecule has 24 heavy (non-hydrogen) atoms. The first-order valence-corrected chi connectivity index (χ1v) is 7.91. The van der Waals surface area contributed by atoms with Gasteiger partial charge in [-0.05, 0) is 12.1 Å². The molecule has 0 fully saturated rings. The van der Waals surface area contributed by atoms with Crippen molar-refractivity contribution in [3.8, 4) is 11.3 Å². The Morgan fingerprint density at radius 2 is 1.88 bits per heavy atom. The number of benzene rings is 1. The molecule has 0 unspecified atom stereocenters. The zero-order valence-electron chi connectivity index (χ0n) is 12.7. The summed E-state index contributed by atoms with van der Waals surface area (Å²) in [6.07, 6.45) is 4.35. The Hall–Kier alpha value is -3.13. The van der Waals surface area contributed by atoms with Gasteiger partial charge in [0.25, 0.3) is 5.91 Å². The van der Waals surface area contributed by atoms with E-state index in [1.807, 2.05) is 17.5 Å². The fourth-order valence-corrected chi connectivity index (χ4v) is 2.68. The van der Waals surface area contributed by atoms with E-state index in [0.29, 0.717) is 5.13 Å². The third-order valence-electron chi connectivity index (χ3n) is 3.02. The van der Waals surface area contributed by atoms with Crippen LogP contribution < -0.4 is 10.6 Å². The first-order valence-electron chi connectivity index (χ1n) is 7.03. The molecule has 0 spiro atoms. The van der Waals surface area contributed by atoms with E-state index in [9.17, 15) is 9.59 Å². The van der Waals surface area contributed by atoms with Crippen molar-refractivity contribution in [1.29, 1.82) is 0 Å². The van der Waals surface area contributed by atoms with Crippen LogP contribution in [0.2, 0.25) is 0 Å². The smallest absolute Gasteiger partial charge is 0.277 e. The Morgan fingerprint density at radius 3 is 2.54 bits per heavy atom. The van der Waals surface area contributed by atoms with Crippen LogP contribution in [0.25, 0.3) is 11.3 Å². The SMILES string of the molecule is CC(=O)Nc1ccc(-c2csc(NC(=O)c3cnccn3)n2)cc1. The predicted molar refractivity (Wildman–Crippen MR) is 91.8 cm³/mol. The van der Waals surface area contributed by atoms with Gasteiger partial charge in [0.05, 0.1) is 11.9 Å². The topological polar surface area (TPSA) is 96.9 Å². The van der Waals surface area contributed by atoms with Crippen LogP contribution in [0.1, 0.15) is 17.4 Å². The Morgan fingerprint density at radius 1 is 1.08 bits per heavy atom. The molecule has 0 saturated heterocycles. The Labute approximate surface area is 141 Å². The fraction of sp³-hybridized carbons (Fsp3) is 0.0625. The van der Waals surface area contributed by atoms with Crippen LogP contribution in [-0.2, 0) is 4.79 Å². The molecule has 3 rings (SSSR count). The van der Waals surface area contributed by atoms with Crippen molar-refractivity contribution >= 4 is 34.0 Å². The molecule has 1 aromatic carbocycles. The molecule has 2 aromatic heterocycles. The number of hydrogen-bond donors (Lipinski definition) is 2. The molecule has 2 N–H and O–H groups in total. The number of aromatic nitrogens is 3. The molecule has 2 amide bonds. The normalized spacial score (nSPS) is 10.2. The average molecular weight is 339 g/mol. The van der Waals surface area contributed by atoms with E-state index in [2.05, 4.69) is 25.6 Å². The van der Waals surface area contributed by atoms with Gasteiger partial charge in [0.1, 0.15) is 5.69 Å². The second-order valence-corrected chi connectivity index (χ2v) is 5.70. The fourth-order valence-electron chi connectivity index (χ4n) is 1.97. The van der Waals surface area contributed by atoms with E-state index < -0.39 is 0 Å². The monoisotopic (exact) mass is 339 g/mol. The molecule has 0 saturated carbocycles. The van der Waals surface area contributed by atoms with Crippen molar-refractivity contribution in [2.24, 2.45) is 0 Å². The lowest BCUT2D eigenvalue weighted by Gasteiger charge is -2.03. The second kappa shape index (κ2) is 6.97. The zero-order valence-corrected chi connectivity index (χ0v) is 13.5. The van der Waals surface area contributed by atoms with Crippen LogP contribution in [0.15, 0.2) is 48.2 Å². The van der Waals surface area contributed by atoms with Gasteiger partial charge in [0.15, 0.2) is 5.13 Å². The van der Waals surface area contributed by atoms with Crippen LogP contribution in [0.4, 0.5) is 10.8 Å². The number of amides is 2. The molecule has 0 aliphatic rings. The summed E-state index contributed by atoms with van der Waals surface area (Å²) < 4.78 is 0. The summed E-state index contributed by atoms with van der Waals surface area (Å²) in [7, 11) is 0. The van der Waals surface area contributed by atoms with Gasteiger partial charge in [0.2, 0.25) is 5.91 Å². The van der Waals surface area contributed by atoms with Gasteiger partial charge in [0, 0.05) is 35.9 Å². The van der Waals surface area contributed by atoms with Gasteiger partial charge < -0.3 is 5.32 Å². The summed E-state index contributed by atoms with van der Waals surface area (Å²) in [6, 6.07) is 7.31. The van der Waals surface area contributed by atoms with Crippen molar-refractivity contribution in [1.82, 2.24) is 15.0 Å². The van der Waals surface area contributed by atoms with Crippen molar-refractivity contribution in [2.45, 2.75) is 6.92 Å². The number of rotatable bonds is 4. The largest absolute Gasteiger partial charge is 0.326 e. The van der Waals surface area contributed by atoms with E-state index in [1.54, 1.807) is 12.1 Å². The summed E-state index contributed by atoms with van der Waals surface area (Å²) >= 11 is 1.32. The number of nitrogens with one attached hydrogen (secondary N) is 2. The highest BCUT2D eigenvalue weighted by atomic mass is 32.1. The molecule has 0 radical (unpaired) electrons. The average Bonchev–Trinajstić information content (AvgIpc) is 3.04. The summed E-state index contributed by atoms with van der Waals surface area (Å²) in [5, 5.41) is 7.73. The summed E-state index contributed by atoms with van der Waals surface area (Å²) in [5.74, 6) is -0.476. The number of hydrogen-bond acceptors (Lipinski definition) is 6. The van der Waals surface area contributed by atoms with Gasteiger partial charge in [-0.3, -0.25) is 19.9 Å². The predicted octanol–water partition coefficient (Wildman–Crippen LogP) is 2.81. The van der Waals surface area contributed by atoms with Gasteiger partial charge in [-0.2, -0.15) is 0 Å². The Balaban J connectivity index is 1.71.